The highest BCUT2D eigenvalue weighted by molar-refractivity contribution is 5.95. The summed E-state index contributed by atoms with van der Waals surface area (Å²) in [4.78, 5) is 14.9. The van der Waals surface area contributed by atoms with E-state index in [2.05, 4.69) is 54.6 Å². The van der Waals surface area contributed by atoms with Crippen LogP contribution in [0, 0.1) is 11.8 Å². The van der Waals surface area contributed by atoms with Crippen LogP contribution in [0.4, 0.5) is 0 Å². The van der Waals surface area contributed by atoms with E-state index in [1.807, 2.05) is 0 Å². The van der Waals surface area contributed by atoms with Gasteiger partial charge in [0.15, 0.2) is 0 Å². The Bertz CT molecular complexity index is 808. The van der Waals surface area contributed by atoms with Crippen LogP contribution in [-0.2, 0) is 0 Å². The molecular formula is C26H36N2O3. The molecule has 0 radical (unpaired) electrons. The first-order chi connectivity index (χ1) is 15.0. The Morgan fingerprint density at radius 3 is 2.16 bits per heavy atom. The fraction of sp³-hybridized carbons (Fsp3) is 0.500. The Kier molecular flexibility index (Phi) is 8.35. The molecule has 5 nitrogen and oxygen atoms in total. The summed E-state index contributed by atoms with van der Waals surface area (Å²) in [6.45, 7) is 0.698. The van der Waals surface area contributed by atoms with Crippen LogP contribution < -0.4 is 14.8 Å². The van der Waals surface area contributed by atoms with Crippen LogP contribution in [0.25, 0.3) is 0 Å². The summed E-state index contributed by atoms with van der Waals surface area (Å²) in [6, 6.07) is 16.6. The third-order valence-electron chi connectivity index (χ3n) is 6.49. The molecule has 2 aromatic rings. The van der Waals surface area contributed by atoms with E-state index in [4.69, 9.17) is 9.47 Å². The number of nitrogens with zero attached hydrogens (tertiary/aromatic N) is 1. The van der Waals surface area contributed by atoms with Crippen LogP contribution in [0.15, 0.2) is 48.5 Å². The lowest BCUT2D eigenvalue weighted by molar-refractivity contribution is 0.0946. The smallest absolute Gasteiger partial charge is 0.251 e. The van der Waals surface area contributed by atoms with Crippen LogP contribution in [0.1, 0.15) is 54.1 Å². The van der Waals surface area contributed by atoms with Gasteiger partial charge < -0.3 is 19.7 Å². The van der Waals surface area contributed by atoms with Crippen LogP contribution in [0.2, 0.25) is 0 Å². The largest absolute Gasteiger partial charge is 0.497 e. The van der Waals surface area contributed by atoms with E-state index in [0.29, 0.717) is 41.5 Å². The Morgan fingerprint density at radius 1 is 1.00 bits per heavy atom. The van der Waals surface area contributed by atoms with Gasteiger partial charge in [-0.2, -0.15) is 0 Å². The van der Waals surface area contributed by atoms with Gasteiger partial charge in [0.2, 0.25) is 0 Å². The molecule has 0 spiro atoms. The highest BCUT2D eigenvalue weighted by Gasteiger charge is 2.29. The number of ether oxygens (including phenoxy) is 2. The Morgan fingerprint density at radius 2 is 1.61 bits per heavy atom. The van der Waals surface area contributed by atoms with Crippen molar-refractivity contribution in [2.24, 2.45) is 11.8 Å². The Balaban J connectivity index is 1.48. The summed E-state index contributed by atoms with van der Waals surface area (Å²) in [5.41, 5.74) is 1.98. The minimum absolute atomic E-state index is 0.0809. The van der Waals surface area contributed by atoms with Gasteiger partial charge >= 0.3 is 0 Å². The molecule has 1 N–H and O–H groups in total. The Hall–Kier alpha value is -2.53. The number of benzene rings is 2. The molecule has 1 amide bonds. The first kappa shape index (κ1) is 23.1. The molecule has 5 heteroatoms. The molecule has 3 rings (SSSR count). The lowest BCUT2D eigenvalue weighted by Crippen LogP contribution is -2.31. The maximum atomic E-state index is 12.6. The van der Waals surface area contributed by atoms with Crippen molar-refractivity contribution in [2.75, 3.05) is 34.9 Å². The van der Waals surface area contributed by atoms with Crippen molar-refractivity contribution in [2.45, 2.75) is 38.1 Å². The van der Waals surface area contributed by atoms with Crippen molar-refractivity contribution >= 4 is 5.91 Å². The summed E-state index contributed by atoms with van der Waals surface area (Å²) in [5.74, 6) is 2.53. The number of nitrogens with one attached hydrogen (secondary N) is 1. The van der Waals surface area contributed by atoms with Crippen LogP contribution in [-0.4, -0.2) is 45.7 Å². The fourth-order valence-corrected chi connectivity index (χ4v) is 4.87. The summed E-state index contributed by atoms with van der Waals surface area (Å²) in [7, 11) is 7.55. The molecule has 1 saturated carbocycles. The topological polar surface area (TPSA) is 50.8 Å². The molecule has 1 fully saturated rings. The predicted molar refractivity (Wildman–Crippen MR) is 125 cm³/mol. The normalized spacial score (nSPS) is 19.6. The van der Waals surface area contributed by atoms with Crippen molar-refractivity contribution in [3.63, 3.8) is 0 Å². The number of hydrogen-bond acceptors (Lipinski definition) is 4. The SMILES string of the molecule is COc1cc(OC)cc(C(=O)NCCC2CCC(C(c3ccccc3)N(C)C)CC2)c1. The minimum Gasteiger partial charge on any atom is -0.497 e. The standard InChI is InChI=1S/C26H36N2O3/c1-28(2)25(20-8-6-5-7-9-20)21-12-10-19(11-13-21)14-15-27-26(29)22-16-23(30-3)18-24(17-22)31-4/h5-9,16-19,21,25H,10-15H2,1-4H3,(H,27,29). The van der Waals surface area contributed by atoms with E-state index >= 15 is 0 Å². The molecule has 0 bridgehead atoms. The molecular weight excluding hydrogens is 388 g/mol. The second-order valence-electron chi connectivity index (χ2n) is 8.75. The molecule has 168 valence electrons. The molecule has 1 atom stereocenters. The minimum atomic E-state index is -0.0809. The summed E-state index contributed by atoms with van der Waals surface area (Å²) < 4.78 is 10.5. The molecule has 31 heavy (non-hydrogen) atoms. The molecule has 1 aliphatic carbocycles. The summed E-state index contributed by atoms with van der Waals surface area (Å²) in [6.07, 6.45) is 5.96. The summed E-state index contributed by atoms with van der Waals surface area (Å²) in [5, 5.41) is 3.07. The second kappa shape index (κ2) is 11.2. The van der Waals surface area contributed by atoms with Gasteiger partial charge in [-0.25, -0.2) is 0 Å². The predicted octanol–water partition coefficient (Wildman–Crippen LogP) is 4.93. The Labute approximate surface area is 186 Å². The lowest BCUT2D eigenvalue weighted by Gasteiger charge is -2.37. The zero-order chi connectivity index (χ0) is 22.2. The number of carbonyl (C=O) groups is 1. The van der Waals surface area contributed by atoms with E-state index in [1.165, 1.54) is 31.2 Å². The van der Waals surface area contributed by atoms with Gasteiger partial charge in [0.05, 0.1) is 14.2 Å². The third-order valence-corrected chi connectivity index (χ3v) is 6.49. The van der Waals surface area contributed by atoms with Gasteiger partial charge in [-0.05, 0) is 62.9 Å². The van der Waals surface area contributed by atoms with E-state index in [1.54, 1.807) is 32.4 Å². The van der Waals surface area contributed by atoms with Crippen LogP contribution >= 0.6 is 0 Å². The zero-order valence-corrected chi connectivity index (χ0v) is 19.3. The molecule has 0 aromatic heterocycles. The van der Waals surface area contributed by atoms with Crippen LogP contribution in [0.3, 0.4) is 0 Å². The highest BCUT2D eigenvalue weighted by Crippen LogP contribution is 2.40. The number of methoxy groups -OCH3 is 2. The monoisotopic (exact) mass is 424 g/mol. The molecule has 1 aliphatic rings. The van der Waals surface area contributed by atoms with Crippen molar-refractivity contribution in [1.82, 2.24) is 10.2 Å². The van der Waals surface area contributed by atoms with Gasteiger partial charge in [-0.3, -0.25) is 4.79 Å². The van der Waals surface area contributed by atoms with Gasteiger partial charge in [-0.15, -0.1) is 0 Å². The van der Waals surface area contributed by atoms with Gasteiger partial charge in [0.1, 0.15) is 11.5 Å². The van der Waals surface area contributed by atoms with Crippen LogP contribution in [0.5, 0.6) is 11.5 Å². The zero-order valence-electron chi connectivity index (χ0n) is 19.3. The van der Waals surface area contributed by atoms with Gasteiger partial charge in [-0.1, -0.05) is 43.2 Å². The molecule has 1 unspecified atom stereocenters. The molecule has 0 aliphatic heterocycles. The summed E-state index contributed by atoms with van der Waals surface area (Å²) >= 11 is 0. The first-order valence-electron chi connectivity index (χ1n) is 11.2. The van der Waals surface area contributed by atoms with Crippen molar-refractivity contribution in [1.29, 1.82) is 0 Å². The fourth-order valence-electron chi connectivity index (χ4n) is 4.87. The average Bonchev–Trinajstić information content (AvgIpc) is 2.80. The van der Waals surface area contributed by atoms with Gasteiger partial charge in [0, 0.05) is 24.2 Å². The number of rotatable bonds is 9. The average molecular weight is 425 g/mol. The number of carbonyl (C=O) groups excluding carboxylic acids is 1. The van der Waals surface area contributed by atoms with Gasteiger partial charge in [0.25, 0.3) is 5.91 Å². The van der Waals surface area contributed by atoms with E-state index in [0.717, 1.165) is 6.42 Å². The van der Waals surface area contributed by atoms with E-state index in [9.17, 15) is 4.79 Å². The first-order valence-corrected chi connectivity index (χ1v) is 11.2. The van der Waals surface area contributed by atoms with Crippen molar-refractivity contribution in [3.05, 3.63) is 59.7 Å². The van der Waals surface area contributed by atoms with E-state index in [-0.39, 0.29) is 5.91 Å². The lowest BCUT2D eigenvalue weighted by atomic mass is 9.75. The highest BCUT2D eigenvalue weighted by atomic mass is 16.5. The number of amides is 1. The maximum Gasteiger partial charge on any atom is 0.251 e. The third kappa shape index (κ3) is 6.23. The second-order valence-corrected chi connectivity index (χ2v) is 8.75. The van der Waals surface area contributed by atoms with E-state index < -0.39 is 0 Å². The molecule has 2 aromatic carbocycles. The maximum absolute atomic E-state index is 12.6. The van der Waals surface area contributed by atoms with Crippen molar-refractivity contribution < 1.29 is 14.3 Å². The number of hydrogen-bond donors (Lipinski definition) is 1. The molecule has 0 saturated heterocycles. The van der Waals surface area contributed by atoms with Crippen molar-refractivity contribution in [3.8, 4) is 11.5 Å². The molecule has 0 heterocycles. The quantitative estimate of drug-likeness (QED) is 0.620.